The molecule has 0 aromatic heterocycles. The zero-order valence-corrected chi connectivity index (χ0v) is 13.3. The van der Waals surface area contributed by atoms with Gasteiger partial charge in [0.25, 0.3) is 0 Å². The van der Waals surface area contributed by atoms with E-state index < -0.39 is 6.04 Å². The van der Waals surface area contributed by atoms with Crippen LogP contribution in [0.3, 0.4) is 0 Å². The third kappa shape index (κ3) is 4.29. The fraction of sp³-hybridized carbons (Fsp3) is 0.235. The molecular formula is C17H18ClFN2O. The SMILES string of the molecule is C[C@@H](C(=O)Nc1ccc(Cl)cc1)N(C)Cc1ccccc1F. The number of hydrogen-bond donors (Lipinski definition) is 1. The summed E-state index contributed by atoms with van der Waals surface area (Å²) in [5.74, 6) is -0.416. The molecule has 0 bridgehead atoms. The van der Waals surface area contributed by atoms with Gasteiger partial charge in [0.05, 0.1) is 6.04 Å². The van der Waals surface area contributed by atoms with Crippen molar-refractivity contribution in [1.82, 2.24) is 4.90 Å². The van der Waals surface area contributed by atoms with Crippen LogP contribution >= 0.6 is 11.6 Å². The predicted molar refractivity (Wildman–Crippen MR) is 87.4 cm³/mol. The van der Waals surface area contributed by atoms with Crippen LogP contribution in [0.2, 0.25) is 5.02 Å². The van der Waals surface area contributed by atoms with E-state index >= 15 is 0 Å². The maximum Gasteiger partial charge on any atom is 0.241 e. The number of likely N-dealkylation sites (N-methyl/N-ethyl adjacent to an activating group) is 1. The Morgan fingerprint density at radius 3 is 2.50 bits per heavy atom. The summed E-state index contributed by atoms with van der Waals surface area (Å²) in [7, 11) is 1.79. The van der Waals surface area contributed by atoms with Crippen LogP contribution in [-0.2, 0) is 11.3 Å². The highest BCUT2D eigenvalue weighted by molar-refractivity contribution is 6.30. The van der Waals surface area contributed by atoms with Gasteiger partial charge in [-0.25, -0.2) is 4.39 Å². The highest BCUT2D eigenvalue weighted by Gasteiger charge is 2.19. The van der Waals surface area contributed by atoms with E-state index in [4.69, 9.17) is 11.6 Å². The standard InChI is InChI=1S/C17H18ClFN2O/c1-12(17(22)20-15-9-7-14(18)8-10-15)21(2)11-13-5-3-4-6-16(13)19/h3-10,12H,11H2,1-2H3,(H,20,22)/t12-/m0/s1. The first kappa shape index (κ1) is 16.5. The zero-order chi connectivity index (χ0) is 16.1. The van der Waals surface area contributed by atoms with Crippen molar-refractivity contribution in [2.45, 2.75) is 19.5 Å². The zero-order valence-electron chi connectivity index (χ0n) is 12.5. The van der Waals surface area contributed by atoms with Gasteiger partial charge < -0.3 is 5.32 Å². The van der Waals surface area contributed by atoms with E-state index in [-0.39, 0.29) is 11.7 Å². The van der Waals surface area contributed by atoms with Crippen LogP contribution in [0.1, 0.15) is 12.5 Å². The molecule has 1 atom stereocenters. The normalized spacial score (nSPS) is 12.2. The van der Waals surface area contributed by atoms with E-state index in [0.29, 0.717) is 22.8 Å². The first-order chi connectivity index (χ1) is 10.5. The summed E-state index contributed by atoms with van der Waals surface area (Å²) >= 11 is 5.81. The number of halogens is 2. The predicted octanol–water partition coefficient (Wildman–Crippen LogP) is 3.94. The van der Waals surface area contributed by atoms with Crippen molar-refractivity contribution in [3.63, 3.8) is 0 Å². The van der Waals surface area contributed by atoms with Gasteiger partial charge in [-0.1, -0.05) is 29.8 Å². The van der Waals surface area contributed by atoms with Gasteiger partial charge in [-0.2, -0.15) is 0 Å². The first-order valence-corrected chi connectivity index (χ1v) is 7.35. The van der Waals surface area contributed by atoms with Gasteiger partial charge in [-0.3, -0.25) is 9.69 Å². The van der Waals surface area contributed by atoms with Crippen LogP contribution in [0, 0.1) is 5.82 Å². The minimum atomic E-state index is -0.393. The molecule has 0 heterocycles. The Labute approximate surface area is 134 Å². The minimum Gasteiger partial charge on any atom is -0.325 e. The van der Waals surface area contributed by atoms with Crippen molar-refractivity contribution in [1.29, 1.82) is 0 Å². The van der Waals surface area contributed by atoms with Gasteiger partial charge in [0.15, 0.2) is 0 Å². The number of carbonyl (C=O) groups excluding carboxylic acids is 1. The average Bonchev–Trinajstić information content (AvgIpc) is 2.51. The van der Waals surface area contributed by atoms with Crippen molar-refractivity contribution in [2.75, 3.05) is 12.4 Å². The molecule has 2 aromatic rings. The van der Waals surface area contributed by atoms with Crippen LogP contribution in [0.15, 0.2) is 48.5 Å². The van der Waals surface area contributed by atoms with E-state index in [9.17, 15) is 9.18 Å². The largest absolute Gasteiger partial charge is 0.325 e. The summed E-state index contributed by atoms with van der Waals surface area (Å²) in [6.45, 7) is 2.15. The van der Waals surface area contributed by atoms with Gasteiger partial charge in [-0.15, -0.1) is 0 Å². The number of nitrogens with zero attached hydrogens (tertiary/aromatic N) is 1. The van der Waals surface area contributed by atoms with Crippen molar-refractivity contribution < 1.29 is 9.18 Å². The van der Waals surface area contributed by atoms with E-state index in [1.807, 2.05) is 0 Å². The summed E-state index contributed by atoms with van der Waals surface area (Å²) in [6.07, 6.45) is 0. The summed E-state index contributed by atoms with van der Waals surface area (Å²) in [5.41, 5.74) is 1.25. The molecule has 22 heavy (non-hydrogen) atoms. The smallest absolute Gasteiger partial charge is 0.241 e. The Bertz CT molecular complexity index is 645. The molecule has 2 aromatic carbocycles. The second-order valence-electron chi connectivity index (χ2n) is 5.18. The van der Waals surface area contributed by atoms with Gasteiger partial charge in [-0.05, 0) is 44.3 Å². The Morgan fingerprint density at radius 1 is 1.23 bits per heavy atom. The summed E-state index contributed by atoms with van der Waals surface area (Å²) in [5, 5.41) is 3.43. The van der Waals surface area contributed by atoms with Crippen molar-refractivity contribution in [2.24, 2.45) is 0 Å². The Morgan fingerprint density at radius 2 is 1.86 bits per heavy atom. The van der Waals surface area contributed by atoms with Crippen molar-refractivity contribution >= 4 is 23.2 Å². The Kier molecular flexibility index (Phi) is 5.52. The highest BCUT2D eigenvalue weighted by Crippen LogP contribution is 2.15. The number of anilines is 1. The lowest BCUT2D eigenvalue weighted by atomic mass is 10.1. The number of hydrogen-bond acceptors (Lipinski definition) is 2. The van der Waals surface area contributed by atoms with Gasteiger partial charge in [0, 0.05) is 22.8 Å². The van der Waals surface area contributed by atoms with Crippen LogP contribution in [0.25, 0.3) is 0 Å². The second kappa shape index (κ2) is 7.38. The van der Waals surface area contributed by atoms with E-state index in [0.717, 1.165) is 0 Å². The lowest BCUT2D eigenvalue weighted by Gasteiger charge is -2.24. The van der Waals surface area contributed by atoms with E-state index in [2.05, 4.69) is 5.32 Å². The maximum absolute atomic E-state index is 13.7. The molecular weight excluding hydrogens is 303 g/mol. The minimum absolute atomic E-state index is 0.152. The molecule has 0 saturated carbocycles. The summed E-state index contributed by atoms with van der Waals surface area (Å²) < 4.78 is 13.7. The quantitative estimate of drug-likeness (QED) is 0.905. The summed E-state index contributed by atoms with van der Waals surface area (Å²) in [4.78, 5) is 14.0. The van der Waals surface area contributed by atoms with Crippen LogP contribution < -0.4 is 5.32 Å². The number of nitrogens with one attached hydrogen (secondary N) is 1. The molecule has 0 spiro atoms. The lowest BCUT2D eigenvalue weighted by Crippen LogP contribution is -2.39. The molecule has 3 nitrogen and oxygen atoms in total. The van der Waals surface area contributed by atoms with E-state index in [1.54, 1.807) is 61.3 Å². The maximum atomic E-state index is 13.7. The molecule has 1 N–H and O–H groups in total. The molecule has 0 aliphatic rings. The van der Waals surface area contributed by atoms with E-state index in [1.165, 1.54) is 6.07 Å². The molecule has 0 unspecified atom stereocenters. The summed E-state index contributed by atoms with van der Waals surface area (Å²) in [6, 6.07) is 13.1. The van der Waals surface area contributed by atoms with Crippen LogP contribution in [0.5, 0.6) is 0 Å². The third-order valence-corrected chi connectivity index (χ3v) is 3.78. The number of amides is 1. The number of benzene rings is 2. The molecule has 116 valence electrons. The Hall–Kier alpha value is -1.91. The molecule has 5 heteroatoms. The van der Waals surface area contributed by atoms with Crippen molar-refractivity contribution in [3.05, 3.63) is 64.9 Å². The molecule has 2 rings (SSSR count). The third-order valence-electron chi connectivity index (χ3n) is 3.53. The molecule has 0 aliphatic carbocycles. The fourth-order valence-electron chi connectivity index (χ4n) is 2.01. The first-order valence-electron chi connectivity index (χ1n) is 6.97. The lowest BCUT2D eigenvalue weighted by molar-refractivity contribution is -0.120. The average molecular weight is 321 g/mol. The molecule has 0 fully saturated rings. The molecule has 1 amide bonds. The van der Waals surface area contributed by atoms with Crippen LogP contribution in [0.4, 0.5) is 10.1 Å². The fourth-order valence-corrected chi connectivity index (χ4v) is 2.14. The van der Waals surface area contributed by atoms with Gasteiger partial charge >= 0.3 is 0 Å². The monoisotopic (exact) mass is 320 g/mol. The molecule has 0 aliphatic heterocycles. The molecule has 0 radical (unpaired) electrons. The van der Waals surface area contributed by atoms with Crippen molar-refractivity contribution in [3.8, 4) is 0 Å². The topological polar surface area (TPSA) is 32.3 Å². The Balaban J connectivity index is 1.97. The van der Waals surface area contributed by atoms with Gasteiger partial charge in [0.2, 0.25) is 5.91 Å². The number of carbonyl (C=O) groups is 1. The van der Waals surface area contributed by atoms with Crippen LogP contribution in [-0.4, -0.2) is 23.9 Å². The highest BCUT2D eigenvalue weighted by atomic mass is 35.5. The number of rotatable bonds is 5. The van der Waals surface area contributed by atoms with Gasteiger partial charge in [0.1, 0.15) is 5.82 Å². The second-order valence-corrected chi connectivity index (χ2v) is 5.62. The molecule has 0 saturated heterocycles.